The molecule has 0 aliphatic heterocycles. The van der Waals surface area contributed by atoms with Crippen LogP contribution in [0.4, 0.5) is 13.2 Å². The van der Waals surface area contributed by atoms with Crippen LogP contribution in [0.15, 0.2) is 63.8 Å². The molecule has 2 N–H and O–H groups in total. The molecule has 3 aromatic carbocycles. The summed E-state index contributed by atoms with van der Waals surface area (Å²) < 4.78 is 53.0. The molecule has 1 aromatic heterocycles. The lowest BCUT2D eigenvalue weighted by Gasteiger charge is -2.21. The number of ether oxygens (including phenoxy) is 1. The highest BCUT2D eigenvalue weighted by Gasteiger charge is 2.31. The van der Waals surface area contributed by atoms with Gasteiger partial charge in [0.1, 0.15) is 28.2 Å². The number of methoxy groups -OCH3 is 1. The Hall–Kier alpha value is -4.27. The maximum atomic E-state index is 14.8. The lowest BCUT2D eigenvalue weighted by molar-refractivity contribution is -0.140. The molecule has 0 saturated carbocycles. The van der Waals surface area contributed by atoms with Gasteiger partial charge in [0.15, 0.2) is 22.9 Å². The van der Waals surface area contributed by atoms with Gasteiger partial charge < -0.3 is 19.4 Å². The first-order chi connectivity index (χ1) is 16.2. The van der Waals surface area contributed by atoms with Crippen molar-refractivity contribution in [3.8, 4) is 22.8 Å². The van der Waals surface area contributed by atoms with Crippen LogP contribution in [0.1, 0.15) is 23.5 Å². The molecule has 0 saturated heterocycles. The van der Waals surface area contributed by atoms with E-state index >= 15 is 0 Å². The molecule has 1 heterocycles. The van der Waals surface area contributed by atoms with Crippen LogP contribution in [0.5, 0.6) is 11.5 Å². The van der Waals surface area contributed by atoms with Crippen molar-refractivity contribution in [3.05, 3.63) is 93.4 Å². The zero-order valence-corrected chi connectivity index (χ0v) is 17.6. The first-order valence-electron chi connectivity index (χ1n) is 10.0. The second kappa shape index (κ2) is 8.93. The molecule has 0 spiro atoms. The third-order valence-electron chi connectivity index (χ3n) is 5.44. The lowest BCUT2D eigenvalue weighted by atomic mass is 9.86. The molecule has 174 valence electrons. The second-order valence-corrected chi connectivity index (χ2v) is 7.47. The van der Waals surface area contributed by atoms with Crippen molar-refractivity contribution in [2.75, 3.05) is 7.11 Å². The Labute approximate surface area is 190 Å². The highest BCUT2D eigenvalue weighted by Crippen LogP contribution is 2.43. The summed E-state index contributed by atoms with van der Waals surface area (Å²) in [7, 11) is 1.07. The Kier molecular flexibility index (Phi) is 6.02. The summed E-state index contributed by atoms with van der Waals surface area (Å²) in [5.74, 6) is -8.35. The van der Waals surface area contributed by atoms with Crippen molar-refractivity contribution in [1.82, 2.24) is 0 Å². The minimum atomic E-state index is -1.78. The second-order valence-electron chi connectivity index (χ2n) is 7.47. The highest BCUT2D eigenvalue weighted by atomic mass is 19.2. The lowest BCUT2D eigenvalue weighted by Crippen LogP contribution is -2.14. The van der Waals surface area contributed by atoms with E-state index in [4.69, 9.17) is 4.42 Å². The average Bonchev–Trinajstić information content (AvgIpc) is 2.82. The number of phenolic OH excluding ortho intramolecular Hbond substituents is 2. The van der Waals surface area contributed by atoms with Crippen LogP contribution < -0.4 is 5.43 Å². The molecule has 0 bridgehead atoms. The van der Waals surface area contributed by atoms with Gasteiger partial charge in [0.2, 0.25) is 0 Å². The normalized spacial score (nSPS) is 12.0. The summed E-state index contributed by atoms with van der Waals surface area (Å²) in [5.41, 5.74) is -1.31. The molecule has 0 fully saturated rings. The van der Waals surface area contributed by atoms with Crippen molar-refractivity contribution >= 4 is 16.9 Å². The van der Waals surface area contributed by atoms with Gasteiger partial charge in [-0.2, -0.15) is 0 Å². The number of carbonyl (C=O) groups excluding carboxylic acids is 1. The Bertz CT molecular complexity index is 1460. The summed E-state index contributed by atoms with van der Waals surface area (Å²) in [6, 6.07) is 12.0. The zero-order chi connectivity index (χ0) is 24.6. The van der Waals surface area contributed by atoms with Gasteiger partial charge >= 0.3 is 5.97 Å². The van der Waals surface area contributed by atoms with Crippen molar-refractivity contribution in [1.29, 1.82) is 0 Å². The predicted octanol–water partition coefficient (Wildman–Crippen LogP) is 4.98. The van der Waals surface area contributed by atoms with Crippen LogP contribution in [0.2, 0.25) is 0 Å². The third kappa shape index (κ3) is 3.96. The summed E-state index contributed by atoms with van der Waals surface area (Å²) in [6.45, 7) is 0. The van der Waals surface area contributed by atoms with E-state index in [0.717, 1.165) is 25.3 Å². The molecular formula is C25H17F3O6. The van der Waals surface area contributed by atoms with Crippen LogP contribution in [-0.4, -0.2) is 23.3 Å². The SMILES string of the molecule is COC(=O)C[C@@H](c1ccc(F)c(F)c1F)c1c(O)cc(O)c2c(=O)cc(-c3ccccc3)oc12. The Morgan fingerprint density at radius 1 is 1.00 bits per heavy atom. The van der Waals surface area contributed by atoms with Gasteiger partial charge in [-0.3, -0.25) is 9.59 Å². The first kappa shape index (κ1) is 22.9. The minimum absolute atomic E-state index is 0.0620. The molecular weight excluding hydrogens is 453 g/mol. The summed E-state index contributed by atoms with van der Waals surface area (Å²) >= 11 is 0. The van der Waals surface area contributed by atoms with Crippen molar-refractivity contribution in [3.63, 3.8) is 0 Å². The van der Waals surface area contributed by atoms with Crippen LogP contribution in [0.25, 0.3) is 22.3 Å². The van der Waals surface area contributed by atoms with Crippen molar-refractivity contribution < 1.29 is 37.3 Å². The van der Waals surface area contributed by atoms with E-state index in [1.54, 1.807) is 30.3 Å². The maximum Gasteiger partial charge on any atom is 0.306 e. The van der Waals surface area contributed by atoms with Crippen LogP contribution in [-0.2, 0) is 9.53 Å². The van der Waals surface area contributed by atoms with Gasteiger partial charge in [-0.15, -0.1) is 0 Å². The Balaban J connectivity index is 2.08. The molecule has 0 unspecified atom stereocenters. The van der Waals surface area contributed by atoms with E-state index in [1.165, 1.54) is 0 Å². The van der Waals surface area contributed by atoms with Gasteiger partial charge in [-0.05, 0) is 11.6 Å². The summed E-state index contributed by atoms with van der Waals surface area (Å²) in [4.78, 5) is 25.0. The average molecular weight is 470 g/mol. The van der Waals surface area contributed by atoms with Gasteiger partial charge in [0.25, 0.3) is 0 Å². The number of fused-ring (bicyclic) bond motifs is 1. The van der Waals surface area contributed by atoms with E-state index in [0.29, 0.717) is 11.6 Å². The van der Waals surface area contributed by atoms with Crippen LogP contribution >= 0.6 is 0 Å². The minimum Gasteiger partial charge on any atom is -0.507 e. The number of benzene rings is 3. The molecule has 4 rings (SSSR count). The van der Waals surface area contributed by atoms with Crippen molar-refractivity contribution in [2.45, 2.75) is 12.3 Å². The Morgan fingerprint density at radius 2 is 1.71 bits per heavy atom. The number of rotatable bonds is 5. The van der Waals surface area contributed by atoms with E-state index in [1.807, 2.05) is 0 Å². The molecule has 0 radical (unpaired) electrons. The topological polar surface area (TPSA) is 97.0 Å². The smallest absolute Gasteiger partial charge is 0.306 e. The molecule has 9 heteroatoms. The third-order valence-corrected chi connectivity index (χ3v) is 5.44. The standard InChI is InChI=1S/C25H17F3O6/c1-33-20(32)9-14(13-7-8-15(26)24(28)23(13)27)21-16(29)10-17(30)22-18(31)11-19(34-25(21)22)12-5-3-2-4-6-12/h2-8,10-11,14,29-30H,9H2,1H3/t14-/m0/s1. The number of phenols is 2. The van der Waals surface area contributed by atoms with Gasteiger partial charge in [-0.1, -0.05) is 36.4 Å². The van der Waals surface area contributed by atoms with E-state index in [9.17, 15) is 33.0 Å². The number of esters is 1. The maximum absolute atomic E-state index is 14.8. The monoisotopic (exact) mass is 470 g/mol. The molecule has 1 atom stereocenters. The molecule has 0 amide bonds. The molecule has 0 aliphatic carbocycles. The number of carbonyl (C=O) groups is 1. The number of hydrogen-bond donors (Lipinski definition) is 2. The Morgan fingerprint density at radius 3 is 2.38 bits per heavy atom. The molecule has 4 aromatic rings. The van der Waals surface area contributed by atoms with Gasteiger partial charge in [0.05, 0.1) is 13.5 Å². The quantitative estimate of drug-likeness (QED) is 0.315. The summed E-state index contributed by atoms with van der Waals surface area (Å²) in [6.07, 6.45) is -0.620. The van der Waals surface area contributed by atoms with Crippen LogP contribution in [0, 0.1) is 17.5 Å². The summed E-state index contributed by atoms with van der Waals surface area (Å²) in [5, 5.41) is 20.7. The molecule has 34 heavy (non-hydrogen) atoms. The number of halogens is 3. The zero-order valence-electron chi connectivity index (χ0n) is 17.6. The number of aromatic hydroxyl groups is 2. The number of hydrogen-bond acceptors (Lipinski definition) is 6. The fraction of sp³-hybridized carbons (Fsp3) is 0.120. The molecule has 0 aliphatic rings. The van der Waals surface area contributed by atoms with E-state index in [2.05, 4.69) is 4.74 Å². The van der Waals surface area contributed by atoms with E-state index in [-0.39, 0.29) is 22.3 Å². The van der Waals surface area contributed by atoms with Gasteiger partial charge in [-0.25, -0.2) is 13.2 Å². The van der Waals surface area contributed by atoms with Crippen LogP contribution in [0.3, 0.4) is 0 Å². The first-order valence-corrected chi connectivity index (χ1v) is 10.0. The fourth-order valence-corrected chi connectivity index (χ4v) is 3.83. The fourth-order valence-electron chi connectivity index (χ4n) is 3.83. The van der Waals surface area contributed by atoms with Crippen molar-refractivity contribution in [2.24, 2.45) is 0 Å². The largest absolute Gasteiger partial charge is 0.507 e. The van der Waals surface area contributed by atoms with Gasteiger partial charge in [0, 0.05) is 29.2 Å². The molecule has 6 nitrogen and oxygen atoms in total. The predicted molar refractivity (Wildman–Crippen MR) is 116 cm³/mol. The highest BCUT2D eigenvalue weighted by molar-refractivity contribution is 5.90. The van der Waals surface area contributed by atoms with E-state index < -0.39 is 58.3 Å².